The summed E-state index contributed by atoms with van der Waals surface area (Å²) >= 11 is 6.16. The monoisotopic (exact) mass is 337 g/mol. The molecule has 1 aromatic carbocycles. The quantitative estimate of drug-likeness (QED) is 0.845. The first-order chi connectivity index (χ1) is 11.2. The Labute approximate surface area is 140 Å². The molecule has 0 spiro atoms. The lowest BCUT2D eigenvalue weighted by Crippen LogP contribution is -2.50. The van der Waals surface area contributed by atoms with Gasteiger partial charge in [0.2, 0.25) is 0 Å². The number of hydrogen-bond donors (Lipinski definition) is 1. The lowest BCUT2D eigenvalue weighted by molar-refractivity contribution is 0.0259. The summed E-state index contributed by atoms with van der Waals surface area (Å²) in [5, 5.41) is 4.58. The molecule has 6 nitrogen and oxygen atoms in total. The first-order valence-corrected chi connectivity index (χ1v) is 8.06. The van der Waals surface area contributed by atoms with E-state index in [1.807, 2.05) is 12.1 Å². The third-order valence-corrected chi connectivity index (χ3v) is 4.25. The zero-order valence-corrected chi connectivity index (χ0v) is 14.0. The standard InChI is InChI=1S/C16H20ClN3O3/c1-3-13(12-8-22-5-4-18-12)23-15-6-10-11(7-14(15)21-2)19-9-20-16(10)17/h6-7,9,12-13,18H,3-5,8H2,1-2H3. The SMILES string of the molecule is CCC(Oc1cc2c(Cl)ncnc2cc1OC)C1COCCN1. The molecule has 2 atom stereocenters. The van der Waals surface area contributed by atoms with Gasteiger partial charge in [-0.2, -0.15) is 0 Å². The zero-order valence-electron chi connectivity index (χ0n) is 13.2. The number of fused-ring (bicyclic) bond motifs is 1. The second-order valence-electron chi connectivity index (χ2n) is 5.38. The van der Waals surface area contributed by atoms with E-state index in [9.17, 15) is 0 Å². The van der Waals surface area contributed by atoms with Crippen molar-refractivity contribution in [3.05, 3.63) is 23.6 Å². The molecule has 124 valence electrons. The number of nitrogens with zero attached hydrogens (tertiary/aromatic N) is 2. The van der Waals surface area contributed by atoms with E-state index in [0.717, 1.165) is 30.5 Å². The maximum atomic E-state index is 6.21. The van der Waals surface area contributed by atoms with Gasteiger partial charge in [0.1, 0.15) is 17.6 Å². The van der Waals surface area contributed by atoms with Gasteiger partial charge in [-0.25, -0.2) is 9.97 Å². The number of methoxy groups -OCH3 is 1. The Bertz CT molecular complexity index is 677. The number of aromatic nitrogens is 2. The fourth-order valence-electron chi connectivity index (χ4n) is 2.72. The minimum atomic E-state index is -0.0231. The van der Waals surface area contributed by atoms with Crippen LogP contribution in [-0.4, -0.2) is 49.0 Å². The molecule has 0 bridgehead atoms. The number of rotatable bonds is 5. The molecule has 0 radical (unpaired) electrons. The summed E-state index contributed by atoms with van der Waals surface area (Å²) in [5.41, 5.74) is 0.723. The second kappa shape index (κ2) is 7.29. The molecule has 0 aliphatic carbocycles. The van der Waals surface area contributed by atoms with Crippen LogP contribution in [0, 0.1) is 0 Å². The molecule has 3 rings (SSSR count). The van der Waals surface area contributed by atoms with Crippen molar-refractivity contribution in [2.24, 2.45) is 0 Å². The summed E-state index contributed by atoms with van der Waals surface area (Å²) in [7, 11) is 1.61. The van der Waals surface area contributed by atoms with Crippen LogP contribution >= 0.6 is 11.6 Å². The van der Waals surface area contributed by atoms with Crippen LogP contribution in [0.3, 0.4) is 0 Å². The summed E-state index contributed by atoms with van der Waals surface area (Å²) in [6.07, 6.45) is 2.26. The molecule has 2 aromatic rings. The molecule has 2 heterocycles. The van der Waals surface area contributed by atoms with Crippen molar-refractivity contribution in [2.45, 2.75) is 25.5 Å². The van der Waals surface area contributed by atoms with Crippen molar-refractivity contribution in [3.8, 4) is 11.5 Å². The molecule has 1 saturated heterocycles. The molecule has 7 heteroatoms. The fraction of sp³-hybridized carbons (Fsp3) is 0.500. The van der Waals surface area contributed by atoms with Crippen LogP contribution in [0.1, 0.15) is 13.3 Å². The molecule has 0 saturated carbocycles. The molecule has 23 heavy (non-hydrogen) atoms. The first kappa shape index (κ1) is 16.2. The Balaban J connectivity index is 1.92. The van der Waals surface area contributed by atoms with Gasteiger partial charge in [-0.1, -0.05) is 18.5 Å². The van der Waals surface area contributed by atoms with Gasteiger partial charge in [-0.05, 0) is 12.5 Å². The number of benzene rings is 1. The molecular weight excluding hydrogens is 318 g/mol. The van der Waals surface area contributed by atoms with E-state index in [-0.39, 0.29) is 12.1 Å². The molecule has 1 N–H and O–H groups in total. The minimum Gasteiger partial charge on any atom is -0.493 e. The van der Waals surface area contributed by atoms with E-state index in [1.54, 1.807) is 7.11 Å². The number of morpholine rings is 1. The topological polar surface area (TPSA) is 65.5 Å². The molecule has 0 amide bonds. The largest absolute Gasteiger partial charge is 0.493 e. The Morgan fingerprint density at radius 2 is 2.26 bits per heavy atom. The summed E-state index contributed by atoms with van der Waals surface area (Å²) in [6, 6.07) is 3.80. The third kappa shape index (κ3) is 3.49. The minimum absolute atomic E-state index is 0.0231. The van der Waals surface area contributed by atoms with Gasteiger partial charge in [-0.3, -0.25) is 0 Å². The van der Waals surface area contributed by atoms with Crippen molar-refractivity contribution in [2.75, 3.05) is 26.9 Å². The molecule has 1 aliphatic heterocycles. The Morgan fingerprint density at radius 3 is 2.96 bits per heavy atom. The fourth-order valence-corrected chi connectivity index (χ4v) is 2.92. The summed E-state index contributed by atoms with van der Waals surface area (Å²) in [5.74, 6) is 1.26. The maximum absolute atomic E-state index is 6.21. The number of hydrogen-bond acceptors (Lipinski definition) is 6. The predicted molar refractivity (Wildman–Crippen MR) is 88.4 cm³/mol. The Kier molecular flexibility index (Phi) is 5.15. The number of halogens is 1. The lowest BCUT2D eigenvalue weighted by Gasteiger charge is -2.31. The van der Waals surface area contributed by atoms with Gasteiger partial charge in [0, 0.05) is 18.0 Å². The highest BCUT2D eigenvalue weighted by Gasteiger charge is 2.25. The smallest absolute Gasteiger partial charge is 0.162 e. The van der Waals surface area contributed by atoms with Crippen LogP contribution in [0.5, 0.6) is 11.5 Å². The normalized spacial score (nSPS) is 19.5. The average molecular weight is 338 g/mol. The zero-order chi connectivity index (χ0) is 16.2. The van der Waals surface area contributed by atoms with E-state index in [1.165, 1.54) is 6.33 Å². The lowest BCUT2D eigenvalue weighted by atomic mass is 10.1. The molecule has 2 unspecified atom stereocenters. The van der Waals surface area contributed by atoms with Crippen molar-refractivity contribution in [1.82, 2.24) is 15.3 Å². The average Bonchev–Trinajstić information content (AvgIpc) is 2.60. The van der Waals surface area contributed by atoms with E-state index >= 15 is 0 Å². The van der Waals surface area contributed by atoms with E-state index in [4.69, 9.17) is 25.8 Å². The summed E-state index contributed by atoms with van der Waals surface area (Å²) in [4.78, 5) is 8.24. The van der Waals surface area contributed by atoms with Crippen LogP contribution < -0.4 is 14.8 Å². The van der Waals surface area contributed by atoms with E-state index in [0.29, 0.717) is 23.3 Å². The van der Waals surface area contributed by atoms with Crippen LogP contribution in [-0.2, 0) is 4.74 Å². The Morgan fingerprint density at radius 1 is 1.39 bits per heavy atom. The van der Waals surface area contributed by atoms with Crippen molar-refractivity contribution >= 4 is 22.5 Å². The van der Waals surface area contributed by atoms with Crippen LogP contribution in [0.2, 0.25) is 5.15 Å². The first-order valence-electron chi connectivity index (χ1n) is 7.69. The Hall–Kier alpha value is -1.63. The molecule has 1 aliphatic rings. The van der Waals surface area contributed by atoms with Gasteiger partial charge in [-0.15, -0.1) is 0 Å². The highest BCUT2D eigenvalue weighted by Crippen LogP contribution is 2.35. The van der Waals surface area contributed by atoms with Gasteiger partial charge < -0.3 is 19.5 Å². The summed E-state index contributed by atoms with van der Waals surface area (Å²) in [6.45, 7) is 4.29. The number of ether oxygens (including phenoxy) is 3. The molecule has 1 aromatic heterocycles. The van der Waals surface area contributed by atoms with Gasteiger partial charge in [0.25, 0.3) is 0 Å². The molecule has 1 fully saturated rings. The molecular formula is C16H20ClN3O3. The van der Waals surface area contributed by atoms with E-state index < -0.39 is 0 Å². The van der Waals surface area contributed by atoms with Gasteiger partial charge >= 0.3 is 0 Å². The van der Waals surface area contributed by atoms with Crippen molar-refractivity contribution in [3.63, 3.8) is 0 Å². The van der Waals surface area contributed by atoms with Crippen LogP contribution in [0.15, 0.2) is 18.5 Å². The predicted octanol–water partition coefficient (Wildman–Crippen LogP) is 2.44. The maximum Gasteiger partial charge on any atom is 0.162 e. The highest BCUT2D eigenvalue weighted by molar-refractivity contribution is 6.34. The van der Waals surface area contributed by atoms with Crippen LogP contribution in [0.4, 0.5) is 0 Å². The van der Waals surface area contributed by atoms with Gasteiger partial charge in [0.15, 0.2) is 11.5 Å². The third-order valence-electron chi connectivity index (χ3n) is 3.95. The van der Waals surface area contributed by atoms with Crippen molar-refractivity contribution < 1.29 is 14.2 Å². The second-order valence-corrected chi connectivity index (χ2v) is 5.74. The highest BCUT2D eigenvalue weighted by atomic mass is 35.5. The van der Waals surface area contributed by atoms with Crippen LogP contribution in [0.25, 0.3) is 10.9 Å². The summed E-state index contributed by atoms with van der Waals surface area (Å²) < 4.78 is 17.2. The number of nitrogens with one attached hydrogen (secondary N) is 1. The van der Waals surface area contributed by atoms with Crippen molar-refractivity contribution in [1.29, 1.82) is 0 Å². The van der Waals surface area contributed by atoms with E-state index in [2.05, 4.69) is 22.2 Å². The van der Waals surface area contributed by atoms with Gasteiger partial charge in [0.05, 0.1) is 31.9 Å².